The van der Waals surface area contributed by atoms with Crippen molar-refractivity contribution in [2.45, 2.75) is 19.3 Å². The van der Waals surface area contributed by atoms with E-state index < -0.39 is 0 Å². The molecule has 2 rings (SSSR count). The van der Waals surface area contributed by atoms with Gasteiger partial charge in [-0.1, -0.05) is 11.6 Å². The molecule has 16 heavy (non-hydrogen) atoms. The molecule has 0 spiro atoms. The van der Waals surface area contributed by atoms with Crippen LogP contribution in [-0.4, -0.2) is 25.2 Å². The molecule has 0 saturated heterocycles. The fourth-order valence-electron chi connectivity index (χ4n) is 1.80. The van der Waals surface area contributed by atoms with Crippen LogP contribution in [0.25, 0.3) is 0 Å². The molecule has 1 aliphatic rings. The Morgan fingerprint density at radius 2 is 2.38 bits per heavy atom. The van der Waals surface area contributed by atoms with Crippen molar-refractivity contribution in [1.82, 2.24) is 4.98 Å². The molecule has 0 unspecified atom stereocenters. The van der Waals surface area contributed by atoms with Gasteiger partial charge in [0.05, 0.1) is 5.02 Å². The van der Waals surface area contributed by atoms with E-state index in [0.29, 0.717) is 10.4 Å². The van der Waals surface area contributed by atoms with Crippen molar-refractivity contribution in [2.24, 2.45) is 5.41 Å². The molecule has 1 fully saturated rings. The SMILES string of the molecule is COCCC1(CNc2ncccc2Cl)CC1. The number of methoxy groups -OCH3 is 1. The highest BCUT2D eigenvalue weighted by Gasteiger charge is 2.41. The number of hydrogen-bond acceptors (Lipinski definition) is 3. The molecule has 3 nitrogen and oxygen atoms in total. The molecule has 1 heterocycles. The van der Waals surface area contributed by atoms with Gasteiger partial charge < -0.3 is 10.1 Å². The molecule has 1 N–H and O–H groups in total. The number of hydrogen-bond donors (Lipinski definition) is 1. The van der Waals surface area contributed by atoms with Crippen LogP contribution in [-0.2, 0) is 4.74 Å². The summed E-state index contributed by atoms with van der Waals surface area (Å²) in [5, 5.41) is 4.01. The Morgan fingerprint density at radius 1 is 1.56 bits per heavy atom. The predicted molar refractivity (Wildman–Crippen MR) is 65.9 cm³/mol. The Labute approximate surface area is 101 Å². The molecule has 0 aromatic carbocycles. The number of rotatable bonds is 6. The van der Waals surface area contributed by atoms with E-state index in [4.69, 9.17) is 16.3 Å². The van der Waals surface area contributed by atoms with E-state index in [9.17, 15) is 0 Å². The molecule has 0 amide bonds. The Bertz CT molecular complexity index is 353. The number of pyridine rings is 1. The van der Waals surface area contributed by atoms with Crippen molar-refractivity contribution in [2.75, 3.05) is 25.6 Å². The molecular weight excluding hydrogens is 224 g/mol. The maximum absolute atomic E-state index is 6.03. The molecule has 4 heteroatoms. The van der Waals surface area contributed by atoms with Crippen molar-refractivity contribution in [1.29, 1.82) is 0 Å². The predicted octanol–water partition coefficient (Wildman–Crippen LogP) is 2.96. The second kappa shape index (κ2) is 5.02. The average Bonchev–Trinajstić information content (AvgIpc) is 3.06. The third-order valence-corrected chi connectivity index (χ3v) is 3.49. The quantitative estimate of drug-likeness (QED) is 0.830. The number of aromatic nitrogens is 1. The van der Waals surface area contributed by atoms with E-state index in [0.717, 1.165) is 25.4 Å². The third-order valence-electron chi connectivity index (χ3n) is 3.18. The second-order valence-electron chi connectivity index (χ2n) is 4.43. The maximum Gasteiger partial charge on any atom is 0.144 e. The van der Waals surface area contributed by atoms with Gasteiger partial charge >= 0.3 is 0 Å². The Hall–Kier alpha value is -0.800. The van der Waals surface area contributed by atoms with E-state index in [-0.39, 0.29) is 0 Å². The number of nitrogens with one attached hydrogen (secondary N) is 1. The van der Waals surface area contributed by atoms with E-state index in [1.807, 2.05) is 12.1 Å². The molecule has 0 aliphatic heterocycles. The van der Waals surface area contributed by atoms with Gasteiger partial charge in [0.25, 0.3) is 0 Å². The molecule has 1 aromatic heterocycles. The summed E-state index contributed by atoms with van der Waals surface area (Å²) < 4.78 is 5.12. The third kappa shape index (κ3) is 2.86. The van der Waals surface area contributed by atoms with Gasteiger partial charge in [-0.05, 0) is 36.8 Å². The first-order valence-corrected chi connectivity index (χ1v) is 5.97. The van der Waals surface area contributed by atoms with Gasteiger partial charge in [-0.2, -0.15) is 0 Å². The average molecular weight is 241 g/mol. The molecule has 0 radical (unpaired) electrons. The number of anilines is 1. The van der Waals surface area contributed by atoms with Crippen LogP contribution in [0.3, 0.4) is 0 Å². The minimum absolute atomic E-state index is 0.414. The number of nitrogens with zero attached hydrogens (tertiary/aromatic N) is 1. The Morgan fingerprint density at radius 3 is 3.00 bits per heavy atom. The first kappa shape index (κ1) is 11.7. The lowest BCUT2D eigenvalue weighted by Gasteiger charge is -2.16. The molecular formula is C12H17ClN2O. The van der Waals surface area contributed by atoms with Crippen molar-refractivity contribution < 1.29 is 4.74 Å². The molecule has 0 atom stereocenters. The van der Waals surface area contributed by atoms with Gasteiger partial charge in [-0.15, -0.1) is 0 Å². The highest BCUT2D eigenvalue weighted by molar-refractivity contribution is 6.32. The van der Waals surface area contributed by atoms with Crippen LogP contribution < -0.4 is 5.32 Å². The first-order valence-electron chi connectivity index (χ1n) is 5.59. The van der Waals surface area contributed by atoms with Gasteiger partial charge in [0.1, 0.15) is 5.82 Å². The lowest BCUT2D eigenvalue weighted by Crippen LogP contribution is -2.18. The van der Waals surface area contributed by atoms with Crippen molar-refractivity contribution in [3.63, 3.8) is 0 Å². The topological polar surface area (TPSA) is 34.1 Å². The summed E-state index contributed by atoms with van der Waals surface area (Å²) in [5.74, 6) is 0.785. The maximum atomic E-state index is 6.03. The Balaban J connectivity index is 1.85. The van der Waals surface area contributed by atoms with Crippen molar-refractivity contribution in [3.8, 4) is 0 Å². The zero-order valence-corrected chi connectivity index (χ0v) is 10.3. The first-order chi connectivity index (χ1) is 7.76. The molecule has 0 bridgehead atoms. The number of halogens is 1. The van der Waals surface area contributed by atoms with Crippen LogP contribution in [0, 0.1) is 5.41 Å². The van der Waals surface area contributed by atoms with E-state index >= 15 is 0 Å². The lowest BCUT2D eigenvalue weighted by atomic mass is 10.0. The van der Waals surface area contributed by atoms with Crippen molar-refractivity contribution >= 4 is 17.4 Å². The number of ether oxygens (including phenoxy) is 1. The summed E-state index contributed by atoms with van der Waals surface area (Å²) in [4.78, 5) is 4.22. The van der Waals surface area contributed by atoms with Crippen LogP contribution in [0.1, 0.15) is 19.3 Å². The molecule has 88 valence electrons. The zero-order valence-electron chi connectivity index (χ0n) is 9.50. The van der Waals surface area contributed by atoms with E-state index in [1.165, 1.54) is 12.8 Å². The Kier molecular flexibility index (Phi) is 3.66. The summed E-state index contributed by atoms with van der Waals surface area (Å²) in [5.41, 5.74) is 0.414. The monoisotopic (exact) mass is 240 g/mol. The summed E-state index contributed by atoms with van der Waals surface area (Å²) >= 11 is 6.03. The minimum Gasteiger partial charge on any atom is -0.385 e. The van der Waals surface area contributed by atoms with Gasteiger partial charge in [0.15, 0.2) is 0 Å². The van der Waals surface area contributed by atoms with Gasteiger partial charge in [0, 0.05) is 26.5 Å². The van der Waals surface area contributed by atoms with Gasteiger partial charge in [-0.3, -0.25) is 0 Å². The van der Waals surface area contributed by atoms with Crippen LogP contribution >= 0.6 is 11.6 Å². The van der Waals surface area contributed by atoms with Crippen molar-refractivity contribution in [3.05, 3.63) is 23.4 Å². The zero-order chi connectivity index (χ0) is 11.4. The summed E-state index contributed by atoms with van der Waals surface area (Å²) in [6, 6.07) is 3.69. The highest BCUT2D eigenvalue weighted by Crippen LogP contribution is 2.48. The fourth-order valence-corrected chi connectivity index (χ4v) is 1.99. The molecule has 1 saturated carbocycles. The van der Waals surface area contributed by atoms with E-state index in [2.05, 4.69) is 10.3 Å². The van der Waals surface area contributed by atoms with Gasteiger partial charge in [-0.25, -0.2) is 4.98 Å². The van der Waals surface area contributed by atoms with Crippen LogP contribution in [0.2, 0.25) is 5.02 Å². The standard InChI is InChI=1S/C12H17ClN2O/c1-16-8-6-12(4-5-12)9-15-11-10(13)3-2-7-14-11/h2-3,7H,4-6,8-9H2,1H3,(H,14,15). The van der Waals surface area contributed by atoms with Crippen LogP contribution in [0.5, 0.6) is 0 Å². The lowest BCUT2D eigenvalue weighted by molar-refractivity contribution is 0.175. The van der Waals surface area contributed by atoms with Crippen LogP contribution in [0.15, 0.2) is 18.3 Å². The molecule has 1 aliphatic carbocycles. The second-order valence-corrected chi connectivity index (χ2v) is 4.84. The van der Waals surface area contributed by atoms with E-state index in [1.54, 1.807) is 13.3 Å². The summed E-state index contributed by atoms with van der Waals surface area (Å²) in [7, 11) is 1.75. The van der Waals surface area contributed by atoms with Crippen LogP contribution in [0.4, 0.5) is 5.82 Å². The molecule has 1 aromatic rings. The normalized spacial score (nSPS) is 17.1. The van der Waals surface area contributed by atoms with Gasteiger partial charge in [0.2, 0.25) is 0 Å². The summed E-state index contributed by atoms with van der Waals surface area (Å²) in [6.45, 7) is 1.77. The largest absolute Gasteiger partial charge is 0.385 e. The highest BCUT2D eigenvalue weighted by atomic mass is 35.5. The smallest absolute Gasteiger partial charge is 0.144 e. The fraction of sp³-hybridized carbons (Fsp3) is 0.583. The minimum atomic E-state index is 0.414. The summed E-state index contributed by atoms with van der Waals surface area (Å²) in [6.07, 6.45) is 5.41.